The lowest BCUT2D eigenvalue weighted by Gasteiger charge is -2.08. The molecule has 1 aromatic carbocycles. The summed E-state index contributed by atoms with van der Waals surface area (Å²) in [7, 11) is 1.36. The predicted octanol–water partition coefficient (Wildman–Crippen LogP) is 1.42. The summed E-state index contributed by atoms with van der Waals surface area (Å²) in [4.78, 5) is 11.2. The van der Waals surface area contributed by atoms with Crippen molar-refractivity contribution in [2.75, 3.05) is 7.11 Å². The maximum absolute atomic E-state index is 11.2. The number of aromatic nitrogens is 4. The zero-order valence-electron chi connectivity index (χ0n) is 9.71. The second-order valence-corrected chi connectivity index (χ2v) is 4.04. The Kier molecular flexibility index (Phi) is 3.88. The summed E-state index contributed by atoms with van der Waals surface area (Å²) in [6, 6.07) is 5.35. The number of rotatable bonds is 4. The maximum Gasteiger partial charge on any atom is 0.305 e. The average molecular weight is 267 g/mol. The number of ether oxygens (including phenoxy) is 1. The van der Waals surface area contributed by atoms with E-state index in [4.69, 9.17) is 11.6 Å². The Hall–Kier alpha value is -1.95. The van der Waals surface area contributed by atoms with Crippen molar-refractivity contribution >= 4 is 17.6 Å². The van der Waals surface area contributed by atoms with E-state index in [-0.39, 0.29) is 12.4 Å². The monoisotopic (exact) mass is 266 g/mol. The van der Waals surface area contributed by atoms with Crippen molar-refractivity contribution in [2.45, 2.75) is 12.8 Å². The van der Waals surface area contributed by atoms with E-state index in [1.54, 1.807) is 12.1 Å². The number of esters is 1. The molecule has 0 saturated heterocycles. The van der Waals surface area contributed by atoms with Crippen LogP contribution in [0.25, 0.3) is 5.69 Å². The van der Waals surface area contributed by atoms with Crippen molar-refractivity contribution in [3.05, 3.63) is 35.1 Å². The standard InChI is InChI=1S/C11H11ClN4O2/c1-18-11(17)5-2-8-6-9(12)3-4-10(8)16-7-13-14-15-16/h3-4,6-7H,2,5H2,1H3. The predicted molar refractivity (Wildman–Crippen MR) is 64.5 cm³/mol. The molecule has 0 fully saturated rings. The third-order valence-corrected chi connectivity index (χ3v) is 2.70. The molecule has 2 aromatic rings. The van der Waals surface area contributed by atoms with Crippen LogP contribution >= 0.6 is 11.6 Å². The van der Waals surface area contributed by atoms with Crippen molar-refractivity contribution in [3.8, 4) is 5.69 Å². The van der Waals surface area contributed by atoms with E-state index < -0.39 is 0 Å². The van der Waals surface area contributed by atoms with Gasteiger partial charge in [0.25, 0.3) is 0 Å². The summed E-state index contributed by atoms with van der Waals surface area (Å²) in [5, 5.41) is 11.6. The third kappa shape index (κ3) is 2.84. The number of carbonyl (C=O) groups excluding carboxylic acids is 1. The summed E-state index contributed by atoms with van der Waals surface area (Å²) < 4.78 is 6.14. The van der Waals surface area contributed by atoms with Gasteiger partial charge in [0.15, 0.2) is 0 Å². The van der Waals surface area contributed by atoms with Crippen LogP contribution in [0.4, 0.5) is 0 Å². The molecule has 0 aliphatic heterocycles. The number of halogens is 1. The molecule has 7 heteroatoms. The topological polar surface area (TPSA) is 69.9 Å². The first kappa shape index (κ1) is 12.5. The smallest absolute Gasteiger partial charge is 0.305 e. The van der Waals surface area contributed by atoms with Gasteiger partial charge < -0.3 is 4.74 Å². The molecule has 0 bridgehead atoms. The van der Waals surface area contributed by atoms with E-state index in [0.29, 0.717) is 11.4 Å². The van der Waals surface area contributed by atoms with E-state index in [2.05, 4.69) is 20.3 Å². The fraction of sp³-hybridized carbons (Fsp3) is 0.273. The molecule has 0 radical (unpaired) electrons. The highest BCUT2D eigenvalue weighted by Crippen LogP contribution is 2.20. The number of aryl methyl sites for hydroxylation is 1. The van der Waals surface area contributed by atoms with E-state index >= 15 is 0 Å². The van der Waals surface area contributed by atoms with Crippen LogP contribution in [0.5, 0.6) is 0 Å². The quantitative estimate of drug-likeness (QED) is 0.783. The Morgan fingerprint density at radius 3 is 3.00 bits per heavy atom. The number of hydrogen-bond acceptors (Lipinski definition) is 5. The van der Waals surface area contributed by atoms with Crippen LogP contribution in [0.2, 0.25) is 5.02 Å². The van der Waals surface area contributed by atoms with E-state index in [1.165, 1.54) is 18.1 Å². The van der Waals surface area contributed by atoms with Gasteiger partial charge in [-0.3, -0.25) is 4.79 Å². The number of nitrogens with zero attached hydrogens (tertiary/aromatic N) is 4. The molecule has 0 spiro atoms. The number of hydrogen-bond donors (Lipinski definition) is 0. The van der Waals surface area contributed by atoms with Crippen LogP contribution in [0.3, 0.4) is 0 Å². The Bertz CT molecular complexity index is 542. The second-order valence-electron chi connectivity index (χ2n) is 3.60. The molecule has 1 heterocycles. The van der Waals surface area contributed by atoms with Crippen molar-refractivity contribution < 1.29 is 9.53 Å². The molecule has 0 atom stereocenters. The highest BCUT2D eigenvalue weighted by Gasteiger charge is 2.09. The number of benzene rings is 1. The highest BCUT2D eigenvalue weighted by atomic mass is 35.5. The molecule has 2 rings (SSSR count). The van der Waals surface area contributed by atoms with E-state index in [1.807, 2.05) is 6.07 Å². The molecule has 18 heavy (non-hydrogen) atoms. The molecule has 0 aliphatic carbocycles. The first-order chi connectivity index (χ1) is 8.70. The fourth-order valence-electron chi connectivity index (χ4n) is 1.59. The van der Waals surface area contributed by atoms with Crippen molar-refractivity contribution in [1.29, 1.82) is 0 Å². The Morgan fingerprint density at radius 1 is 1.50 bits per heavy atom. The summed E-state index contributed by atoms with van der Waals surface area (Å²) in [6.07, 6.45) is 2.29. The molecule has 0 saturated carbocycles. The van der Waals surface area contributed by atoms with Crippen LogP contribution in [0.1, 0.15) is 12.0 Å². The van der Waals surface area contributed by atoms with Gasteiger partial charge in [-0.2, -0.15) is 0 Å². The molecule has 0 amide bonds. The SMILES string of the molecule is COC(=O)CCc1cc(Cl)ccc1-n1cnnn1. The minimum Gasteiger partial charge on any atom is -0.469 e. The summed E-state index contributed by atoms with van der Waals surface area (Å²) in [5.41, 5.74) is 1.69. The molecule has 6 nitrogen and oxygen atoms in total. The van der Waals surface area contributed by atoms with E-state index in [0.717, 1.165) is 11.3 Å². The van der Waals surface area contributed by atoms with Gasteiger partial charge >= 0.3 is 5.97 Å². The number of tetrazole rings is 1. The second kappa shape index (κ2) is 5.59. The molecule has 0 N–H and O–H groups in total. The highest BCUT2D eigenvalue weighted by molar-refractivity contribution is 6.30. The van der Waals surface area contributed by atoms with Gasteiger partial charge in [0.05, 0.1) is 12.8 Å². The van der Waals surface area contributed by atoms with E-state index in [9.17, 15) is 4.79 Å². The minimum atomic E-state index is -0.266. The first-order valence-corrected chi connectivity index (χ1v) is 5.67. The van der Waals surface area contributed by atoms with Crippen LogP contribution in [-0.2, 0) is 16.0 Å². The fourth-order valence-corrected chi connectivity index (χ4v) is 1.78. The van der Waals surface area contributed by atoms with Gasteiger partial charge in [-0.25, -0.2) is 4.68 Å². The van der Waals surface area contributed by atoms with Gasteiger partial charge in [0.1, 0.15) is 6.33 Å². The zero-order valence-corrected chi connectivity index (χ0v) is 10.5. The molecule has 1 aromatic heterocycles. The third-order valence-electron chi connectivity index (χ3n) is 2.46. The number of carbonyl (C=O) groups is 1. The first-order valence-electron chi connectivity index (χ1n) is 5.29. The van der Waals surface area contributed by atoms with Gasteiger partial charge in [0, 0.05) is 11.4 Å². The molecular weight excluding hydrogens is 256 g/mol. The lowest BCUT2D eigenvalue weighted by Crippen LogP contribution is -2.05. The van der Waals surface area contributed by atoms with Crippen LogP contribution in [0.15, 0.2) is 24.5 Å². The summed E-state index contributed by atoms with van der Waals surface area (Å²) in [5.74, 6) is -0.266. The largest absolute Gasteiger partial charge is 0.469 e. The van der Waals surface area contributed by atoms with Crippen LogP contribution in [0, 0.1) is 0 Å². The lowest BCUT2D eigenvalue weighted by atomic mass is 10.1. The Labute approximate surface area is 109 Å². The van der Waals surface area contributed by atoms with Crippen LogP contribution < -0.4 is 0 Å². The molecule has 0 aliphatic rings. The van der Waals surface area contributed by atoms with Crippen molar-refractivity contribution in [2.24, 2.45) is 0 Å². The van der Waals surface area contributed by atoms with Crippen molar-refractivity contribution in [1.82, 2.24) is 20.2 Å². The van der Waals surface area contributed by atoms with Crippen molar-refractivity contribution in [3.63, 3.8) is 0 Å². The average Bonchev–Trinajstić information content (AvgIpc) is 2.89. The van der Waals surface area contributed by atoms with Gasteiger partial charge in [-0.1, -0.05) is 11.6 Å². The lowest BCUT2D eigenvalue weighted by molar-refractivity contribution is -0.140. The van der Waals surface area contributed by atoms with Gasteiger partial charge in [-0.15, -0.1) is 5.10 Å². The summed E-state index contributed by atoms with van der Waals surface area (Å²) >= 11 is 5.95. The normalized spacial score (nSPS) is 10.3. The molecular formula is C11H11ClN4O2. The molecule has 94 valence electrons. The van der Waals surface area contributed by atoms with Gasteiger partial charge in [-0.05, 0) is 40.6 Å². The Morgan fingerprint density at radius 2 is 2.33 bits per heavy atom. The minimum absolute atomic E-state index is 0.266. The van der Waals surface area contributed by atoms with Crippen LogP contribution in [-0.4, -0.2) is 33.3 Å². The number of methoxy groups -OCH3 is 1. The van der Waals surface area contributed by atoms with Gasteiger partial charge in [0.2, 0.25) is 0 Å². The maximum atomic E-state index is 11.2. The Balaban J connectivity index is 2.27. The zero-order chi connectivity index (χ0) is 13.0. The summed E-state index contributed by atoms with van der Waals surface area (Å²) in [6.45, 7) is 0. The molecule has 0 unspecified atom stereocenters.